The number of allylic oxidation sites excluding steroid dienone is 1. The first kappa shape index (κ1) is 13.2. The molecule has 1 unspecified atom stereocenters. The van der Waals surface area contributed by atoms with Gasteiger partial charge in [0, 0.05) is 17.3 Å². The van der Waals surface area contributed by atoms with Gasteiger partial charge in [0.05, 0.1) is 11.6 Å². The smallest absolute Gasteiger partial charge is 0.129 e. The molecule has 90 valence electrons. The zero-order valence-corrected chi connectivity index (χ0v) is 10.3. The Hall–Kier alpha value is -1.82. The second kappa shape index (κ2) is 6.05. The van der Waals surface area contributed by atoms with Gasteiger partial charge in [-0.25, -0.2) is 4.39 Å². The lowest BCUT2D eigenvalue weighted by molar-refractivity contribution is 0.617. The summed E-state index contributed by atoms with van der Waals surface area (Å²) in [5.41, 5.74) is 1.58. The third-order valence-electron chi connectivity index (χ3n) is 2.68. The fourth-order valence-electron chi connectivity index (χ4n) is 1.60. The van der Waals surface area contributed by atoms with Gasteiger partial charge in [-0.05, 0) is 38.8 Å². The van der Waals surface area contributed by atoms with Crippen LogP contribution in [-0.4, -0.2) is 6.04 Å². The third kappa shape index (κ3) is 3.60. The average Bonchev–Trinajstić information content (AvgIpc) is 2.32. The molecule has 0 aliphatic heterocycles. The van der Waals surface area contributed by atoms with Crippen LogP contribution >= 0.6 is 0 Å². The second-order valence-corrected chi connectivity index (χ2v) is 4.15. The summed E-state index contributed by atoms with van der Waals surface area (Å²) in [4.78, 5) is 0. The maximum absolute atomic E-state index is 13.5. The van der Waals surface area contributed by atoms with Crippen molar-refractivity contribution in [3.63, 3.8) is 0 Å². The maximum atomic E-state index is 13.5. The van der Waals surface area contributed by atoms with Crippen molar-refractivity contribution in [2.75, 3.05) is 5.32 Å². The molecule has 0 fully saturated rings. The quantitative estimate of drug-likeness (QED) is 0.784. The Kier molecular flexibility index (Phi) is 4.71. The van der Waals surface area contributed by atoms with E-state index in [4.69, 9.17) is 5.26 Å². The van der Waals surface area contributed by atoms with Crippen LogP contribution < -0.4 is 5.32 Å². The number of nitrogens with zero attached hydrogens (tertiary/aromatic N) is 1. The van der Waals surface area contributed by atoms with Gasteiger partial charge in [-0.1, -0.05) is 6.08 Å². The van der Waals surface area contributed by atoms with Crippen LogP contribution in [-0.2, 0) is 0 Å². The van der Waals surface area contributed by atoms with Crippen molar-refractivity contribution in [1.82, 2.24) is 0 Å². The summed E-state index contributed by atoms with van der Waals surface area (Å²) in [7, 11) is 0. The van der Waals surface area contributed by atoms with E-state index < -0.39 is 0 Å². The van der Waals surface area contributed by atoms with E-state index in [-0.39, 0.29) is 11.9 Å². The lowest BCUT2D eigenvalue weighted by Gasteiger charge is -2.17. The summed E-state index contributed by atoms with van der Waals surface area (Å²) in [5.74, 6) is -0.345. The molecule has 0 saturated carbocycles. The predicted molar refractivity (Wildman–Crippen MR) is 68.4 cm³/mol. The molecular weight excluding hydrogens is 215 g/mol. The van der Waals surface area contributed by atoms with Gasteiger partial charge in [-0.3, -0.25) is 0 Å². The van der Waals surface area contributed by atoms with Gasteiger partial charge < -0.3 is 5.32 Å². The van der Waals surface area contributed by atoms with Gasteiger partial charge in [0.2, 0.25) is 0 Å². The lowest BCUT2D eigenvalue weighted by atomic mass is 10.1. The molecule has 17 heavy (non-hydrogen) atoms. The molecule has 1 N–H and O–H groups in total. The fraction of sp³-hybridized carbons (Fsp3) is 0.357. The summed E-state index contributed by atoms with van der Waals surface area (Å²) < 4.78 is 13.5. The molecule has 0 radical (unpaired) electrons. The van der Waals surface area contributed by atoms with Crippen LogP contribution in [0.1, 0.15) is 30.9 Å². The molecule has 0 saturated heterocycles. The highest BCUT2D eigenvalue weighted by molar-refractivity contribution is 5.56. The molecule has 0 aliphatic carbocycles. The van der Waals surface area contributed by atoms with E-state index in [1.165, 1.54) is 6.07 Å². The first-order valence-corrected chi connectivity index (χ1v) is 5.66. The normalized spacial score (nSPS) is 11.6. The van der Waals surface area contributed by atoms with Gasteiger partial charge in [0.15, 0.2) is 0 Å². The van der Waals surface area contributed by atoms with Crippen molar-refractivity contribution in [3.05, 3.63) is 41.7 Å². The van der Waals surface area contributed by atoms with Crippen LogP contribution in [0.4, 0.5) is 10.1 Å². The molecule has 1 aromatic rings. The zero-order valence-electron chi connectivity index (χ0n) is 10.3. The van der Waals surface area contributed by atoms with E-state index >= 15 is 0 Å². The molecule has 0 spiro atoms. The topological polar surface area (TPSA) is 35.8 Å². The van der Waals surface area contributed by atoms with Crippen molar-refractivity contribution in [2.45, 2.75) is 32.7 Å². The van der Waals surface area contributed by atoms with Gasteiger partial charge in [0.25, 0.3) is 0 Å². The molecule has 0 heterocycles. The number of anilines is 1. The largest absolute Gasteiger partial charge is 0.382 e. The summed E-state index contributed by atoms with van der Waals surface area (Å²) in [6.07, 6.45) is 3.70. The van der Waals surface area contributed by atoms with Crippen LogP contribution in [0, 0.1) is 24.1 Å². The van der Waals surface area contributed by atoms with E-state index in [1.54, 1.807) is 13.0 Å². The molecule has 1 aromatic carbocycles. The lowest BCUT2D eigenvalue weighted by Crippen LogP contribution is -2.15. The van der Waals surface area contributed by atoms with Crippen molar-refractivity contribution in [3.8, 4) is 6.07 Å². The number of nitrogens with one attached hydrogen (secondary N) is 1. The first-order valence-electron chi connectivity index (χ1n) is 5.66. The number of hydrogen-bond acceptors (Lipinski definition) is 2. The van der Waals surface area contributed by atoms with E-state index in [0.29, 0.717) is 16.8 Å². The van der Waals surface area contributed by atoms with Crippen LogP contribution in [0.3, 0.4) is 0 Å². The number of hydrogen-bond donors (Lipinski definition) is 1. The monoisotopic (exact) mass is 232 g/mol. The van der Waals surface area contributed by atoms with Crippen molar-refractivity contribution in [2.24, 2.45) is 0 Å². The minimum atomic E-state index is -0.345. The second-order valence-electron chi connectivity index (χ2n) is 4.15. The average molecular weight is 232 g/mol. The van der Waals surface area contributed by atoms with E-state index in [2.05, 4.69) is 11.9 Å². The van der Waals surface area contributed by atoms with Crippen molar-refractivity contribution in [1.29, 1.82) is 5.26 Å². The molecule has 0 bridgehead atoms. The van der Waals surface area contributed by atoms with Gasteiger partial charge >= 0.3 is 0 Å². The Morgan fingerprint density at radius 2 is 2.29 bits per heavy atom. The highest BCUT2D eigenvalue weighted by Gasteiger charge is 2.09. The molecular formula is C14H17FN2. The molecule has 1 rings (SSSR count). The SMILES string of the molecule is C=CCCC(C)Nc1cc(C#N)cc(F)c1C. The van der Waals surface area contributed by atoms with Crippen LogP contribution in [0.2, 0.25) is 0 Å². The molecule has 0 aliphatic rings. The number of halogens is 1. The minimum absolute atomic E-state index is 0.222. The third-order valence-corrected chi connectivity index (χ3v) is 2.68. The number of benzene rings is 1. The van der Waals surface area contributed by atoms with Gasteiger partial charge in [0.1, 0.15) is 5.82 Å². The number of nitriles is 1. The Bertz CT molecular complexity index is 446. The highest BCUT2D eigenvalue weighted by Crippen LogP contribution is 2.21. The van der Waals surface area contributed by atoms with Gasteiger partial charge in [-0.2, -0.15) is 5.26 Å². The minimum Gasteiger partial charge on any atom is -0.382 e. The van der Waals surface area contributed by atoms with E-state index in [0.717, 1.165) is 12.8 Å². The molecule has 2 nitrogen and oxygen atoms in total. The summed E-state index contributed by atoms with van der Waals surface area (Å²) in [6, 6.07) is 5.12. The maximum Gasteiger partial charge on any atom is 0.129 e. The van der Waals surface area contributed by atoms with Crippen LogP contribution in [0.25, 0.3) is 0 Å². The fourth-order valence-corrected chi connectivity index (χ4v) is 1.60. The van der Waals surface area contributed by atoms with Crippen LogP contribution in [0.15, 0.2) is 24.8 Å². The van der Waals surface area contributed by atoms with Crippen LogP contribution in [0.5, 0.6) is 0 Å². The summed E-state index contributed by atoms with van der Waals surface area (Å²) in [5, 5.41) is 12.0. The standard InChI is InChI=1S/C14H17FN2/c1-4-5-6-10(2)17-14-8-12(9-16)7-13(15)11(14)3/h4,7-8,10,17H,1,5-6H2,2-3H3. The highest BCUT2D eigenvalue weighted by atomic mass is 19.1. The Labute approximate surface area is 102 Å². The Balaban J connectivity index is 2.86. The molecule has 1 atom stereocenters. The molecule has 0 amide bonds. The summed E-state index contributed by atoms with van der Waals surface area (Å²) >= 11 is 0. The molecule has 0 aromatic heterocycles. The Morgan fingerprint density at radius 1 is 1.59 bits per heavy atom. The molecule has 3 heteroatoms. The van der Waals surface area contributed by atoms with Gasteiger partial charge in [-0.15, -0.1) is 6.58 Å². The Morgan fingerprint density at radius 3 is 2.88 bits per heavy atom. The van der Waals surface area contributed by atoms with E-state index in [9.17, 15) is 4.39 Å². The predicted octanol–water partition coefficient (Wildman–Crippen LogP) is 3.77. The first-order chi connectivity index (χ1) is 8.08. The van der Waals surface area contributed by atoms with E-state index in [1.807, 2.05) is 19.1 Å². The van der Waals surface area contributed by atoms with Crippen molar-refractivity contribution >= 4 is 5.69 Å². The van der Waals surface area contributed by atoms with Crippen molar-refractivity contribution < 1.29 is 4.39 Å². The summed E-state index contributed by atoms with van der Waals surface area (Å²) in [6.45, 7) is 7.40. The zero-order chi connectivity index (χ0) is 12.8. The number of rotatable bonds is 5.